The first-order chi connectivity index (χ1) is 25.1. The van der Waals surface area contributed by atoms with Crippen molar-refractivity contribution in [1.29, 1.82) is 0 Å². The second-order valence-electron chi connectivity index (χ2n) is 13.5. The molecule has 51 heavy (non-hydrogen) atoms. The van der Waals surface area contributed by atoms with Gasteiger partial charge >= 0.3 is 0 Å². The Balaban J connectivity index is 1.35. The third kappa shape index (κ3) is 7.66. The van der Waals surface area contributed by atoms with E-state index in [4.69, 9.17) is 4.74 Å². The molecule has 260 valence electrons. The number of carbonyl (C=O) groups is 2. The molecule has 7 heteroatoms. The van der Waals surface area contributed by atoms with Gasteiger partial charge in [-0.1, -0.05) is 120 Å². The van der Waals surface area contributed by atoms with Gasteiger partial charge < -0.3 is 4.74 Å². The number of morpholine rings is 1. The molecule has 1 saturated carbocycles. The molecule has 5 nitrogen and oxygen atoms in total. The van der Waals surface area contributed by atoms with Gasteiger partial charge in [0.25, 0.3) is 11.8 Å². The molecule has 0 N–H and O–H groups in total. The van der Waals surface area contributed by atoms with Crippen molar-refractivity contribution >= 4 is 50.9 Å². The van der Waals surface area contributed by atoms with E-state index in [1.54, 1.807) is 4.90 Å². The summed E-state index contributed by atoms with van der Waals surface area (Å²) in [5, 5.41) is 3.77. The average molecular weight is 761 g/mol. The van der Waals surface area contributed by atoms with Crippen molar-refractivity contribution in [2.24, 2.45) is 0 Å². The summed E-state index contributed by atoms with van der Waals surface area (Å²) in [7, 11) is -2.30. The van der Waals surface area contributed by atoms with E-state index in [-0.39, 0.29) is 17.9 Å². The molecule has 1 aliphatic heterocycles. The maximum Gasteiger partial charge on any atom is 0.261 e. The first kappa shape index (κ1) is 35.5. The summed E-state index contributed by atoms with van der Waals surface area (Å²) in [4.78, 5) is 34.4. The van der Waals surface area contributed by atoms with Crippen LogP contribution in [0, 0.1) is 0 Å². The summed E-state index contributed by atoms with van der Waals surface area (Å²) in [6.07, 6.45) is 5.44. The maximum atomic E-state index is 15.3. The Morgan fingerprint density at radius 1 is 0.686 bits per heavy atom. The minimum Gasteiger partial charge on any atom is -0.379 e. The highest BCUT2D eigenvalue weighted by Crippen LogP contribution is 2.58. The van der Waals surface area contributed by atoms with E-state index in [0.717, 1.165) is 47.7 Å². The van der Waals surface area contributed by atoms with Crippen LogP contribution in [0.3, 0.4) is 0 Å². The van der Waals surface area contributed by atoms with E-state index in [1.807, 2.05) is 42.5 Å². The third-order valence-corrected chi connectivity index (χ3v) is 15.4. The van der Waals surface area contributed by atoms with Gasteiger partial charge in [0.15, 0.2) is 0 Å². The minimum absolute atomic E-state index is 0.138. The van der Waals surface area contributed by atoms with E-state index in [1.165, 1.54) is 15.9 Å². The molecule has 1 aliphatic carbocycles. The highest BCUT2D eigenvalue weighted by Gasteiger charge is 2.47. The molecule has 0 bridgehead atoms. The number of hydrogen-bond donors (Lipinski definition) is 0. The van der Waals surface area contributed by atoms with Crippen LogP contribution in [0.5, 0.6) is 0 Å². The predicted molar refractivity (Wildman–Crippen MR) is 213 cm³/mol. The fourth-order valence-electron chi connectivity index (χ4n) is 7.93. The van der Waals surface area contributed by atoms with Crippen LogP contribution in [-0.4, -0.2) is 54.0 Å². The van der Waals surface area contributed by atoms with Crippen LogP contribution in [0.4, 0.5) is 0 Å². The number of ether oxygens (including phenoxy) is 1. The van der Waals surface area contributed by atoms with Gasteiger partial charge in [-0.05, 0) is 73.0 Å². The van der Waals surface area contributed by atoms with Gasteiger partial charge in [-0.25, -0.2) is 0 Å². The largest absolute Gasteiger partial charge is 0.379 e. The van der Waals surface area contributed by atoms with Crippen LogP contribution in [0.15, 0.2) is 144 Å². The average Bonchev–Trinajstić information content (AvgIpc) is 3.20. The van der Waals surface area contributed by atoms with Crippen molar-refractivity contribution in [2.75, 3.05) is 26.3 Å². The molecule has 0 spiro atoms. The fourth-order valence-corrected chi connectivity index (χ4v) is 12.5. The van der Waals surface area contributed by atoms with E-state index in [9.17, 15) is 0 Å². The predicted octanol–water partition coefficient (Wildman–Crippen LogP) is 8.32. The molecule has 0 aromatic heterocycles. The lowest BCUT2D eigenvalue weighted by atomic mass is 9.92. The van der Waals surface area contributed by atoms with Crippen molar-refractivity contribution in [3.8, 4) is 0 Å². The third-order valence-electron chi connectivity index (χ3n) is 10.5. The van der Waals surface area contributed by atoms with Crippen molar-refractivity contribution < 1.29 is 14.3 Å². The molecule has 2 amide bonds. The zero-order chi connectivity index (χ0) is 35.0. The van der Waals surface area contributed by atoms with Gasteiger partial charge in [0.2, 0.25) is 0 Å². The lowest BCUT2D eigenvalue weighted by Gasteiger charge is -2.40. The zero-order valence-corrected chi connectivity index (χ0v) is 31.4. The Labute approximate surface area is 311 Å². The van der Waals surface area contributed by atoms with Crippen molar-refractivity contribution in [1.82, 2.24) is 9.80 Å². The number of rotatable bonds is 10. The van der Waals surface area contributed by atoms with Crippen molar-refractivity contribution in [3.63, 3.8) is 0 Å². The van der Waals surface area contributed by atoms with Crippen LogP contribution >= 0.6 is 23.2 Å². The summed E-state index contributed by atoms with van der Waals surface area (Å²) in [5.41, 5.74) is 2.47. The summed E-state index contributed by atoms with van der Waals surface area (Å²) in [6, 6.07) is 47.6. The lowest BCUT2D eigenvalue weighted by molar-refractivity contribution is -0.139. The Kier molecular flexibility index (Phi) is 11.5. The van der Waals surface area contributed by atoms with Gasteiger partial charge in [-0.15, -0.1) is 0 Å². The van der Waals surface area contributed by atoms with Crippen LogP contribution in [0.25, 0.3) is 0 Å². The topological polar surface area (TPSA) is 49.9 Å². The standard InChI is InChI=1S/C44H45BrN2O3P/c45-36-27-25-34(26-28-36)42(46-29-31-50-32-30-46)44(49)47(37-16-5-1-6-17-37)43(48)41-24-14-13-15-35(41)33-51(38-18-7-2-8-19-38,39-20-9-3-10-21-39)40-22-11-4-12-23-40/h2-4,7-15,18-28,37,42H,1,5-6,16-17,29-33H2/q+1. The first-order valence-electron chi connectivity index (χ1n) is 18.1. The minimum atomic E-state index is -2.30. The Bertz CT molecular complexity index is 1800. The Hall–Kier alpha value is -3.93. The van der Waals surface area contributed by atoms with Gasteiger partial charge in [0.1, 0.15) is 29.2 Å². The highest BCUT2D eigenvalue weighted by molar-refractivity contribution is 9.10. The molecule has 5 aromatic rings. The fraction of sp³-hybridized carbons (Fsp3) is 0.273. The number of halogens is 1. The second-order valence-corrected chi connectivity index (χ2v) is 17.9. The Morgan fingerprint density at radius 3 is 1.75 bits per heavy atom. The summed E-state index contributed by atoms with van der Waals surface area (Å²) >= 11 is 3.57. The van der Waals surface area contributed by atoms with Gasteiger partial charge in [-0.3, -0.25) is 19.4 Å². The van der Waals surface area contributed by atoms with Crippen LogP contribution in [-0.2, 0) is 15.7 Å². The first-order valence-corrected chi connectivity index (χ1v) is 20.9. The number of benzene rings is 5. The quantitative estimate of drug-likeness (QED) is 0.135. The molecule has 1 unspecified atom stereocenters. The maximum absolute atomic E-state index is 15.3. The number of hydrogen-bond acceptors (Lipinski definition) is 4. The van der Waals surface area contributed by atoms with E-state index < -0.39 is 13.3 Å². The molecule has 2 aliphatic rings. The van der Waals surface area contributed by atoms with Crippen molar-refractivity contribution in [3.05, 3.63) is 161 Å². The van der Waals surface area contributed by atoms with E-state index >= 15 is 9.59 Å². The van der Waals surface area contributed by atoms with Crippen LogP contribution in [0.2, 0.25) is 0 Å². The SMILES string of the molecule is O=C(c1ccccc1C[P+](c1ccccc1)(c1ccccc1)c1ccccc1)N(C(=O)C(c1ccc(Br)cc1)N1CCOCC1)C1CCCCC1. The monoisotopic (exact) mass is 759 g/mol. The molecule has 0 radical (unpaired) electrons. The van der Waals surface area contributed by atoms with E-state index in [0.29, 0.717) is 38.0 Å². The molecular weight excluding hydrogens is 715 g/mol. The summed E-state index contributed by atoms with van der Waals surface area (Å²) in [5.74, 6) is -0.327. The van der Waals surface area contributed by atoms with Gasteiger partial charge in [0.05, 0.1) is 19.4 Å². The number of amides is 2. The second kappa shape index (κ2) is 16.6. The summed E-state index contributed by atoms with van der Waals surface area (Å²) < 4.78 is 6.67. The van der Waals surface area contributed by atoms with E-state index in [2.05, 4.69) is 118 Å². The molecule has 7 rings (SSSR count). The van der Waals surface area contributed by atoms with Crippen LogP contribution < -0.4 is 15.9 Å². The normalized spacial score (nSPS) is 16.3. The van der Waals surface area contributed by atoms with Gasteiger partial charge in [0, 0.05) is 34.7 Å². The molecule has 2 fully saturated rings. The lowest BCUT2D eigenvalue weighted by Crippen LogP contribution is -2.52. The van der Waals surface area contributed by atoms with Gasteiger partial charge in [-0.2, -0.15) is 0 Å². The molecular formula is C44H45BrN2O3P+. The highest BCUT2D eigenvalue weighted by atomic mass is 79.9. The molecule has 1 saturated heterocycles. The van der Waals surface area contributed by atoms with Crippen LogP contribution in [0.1, 0.15) is 59.6 Å². The van der Waals surface area contributed by atoms with Crippen molar-refractivity contribution in [2.45, 2.75) is 50.3 Å². The number of imide groups is 1. The molecule has 1 heterocycles. The number of nitrogens with zero attached hydrogens (tertiary/aromatic N) is 2. The number of carbonyl (C=O) groups excluding carboxylic acids is 2. The summed E-state index contributed by atoms with van der Waals surface area (Å²) in [6.45, 7) is 2.39. The molecule has 5 aromatic carbocycles. The molecule has 1 atom stereocenters. The Morgan fingerprint density at radius 2 is 1.20 bits per heavy atom. The smallest absolute Gasteiger partial charge is 0.261 e. The zero-order valence-electron chi connectivity index (χ0n) is 28.9.